The van der Waals surface area contributed by atoms with Gasteiger partial charge in [-0.3, -0.25) is 5.10 Å². The summed E-state index contributed by atoms with van der Waals surface area (Å²) in [6.07, 6.45) is 1.75. The van der Waals surface area contributed by atoms with E-state index < -0.39 is 5.97 Å². The third kappa shape index (κ3) is 1.31. The summed E-state index contributed by atoms with van der Waals surface area (Å²) in [7, 11) is 0. The second-order valence-electron chi connectivity index (χ2n) is 2.56. The van der Waals surface area contributed by atoms with Crippen LogP contribution in [0.5, 0.6) is 0 Å². The van der Waals surface area contributed by atoms with Gasteiger partial charge in [0.15, 0.2) is 0 Å². The summed E-state index contributed by atoms with van der Waals surface area (Å²) in [6.45, 7) is 0. The molecule has 5 heteroatoms. The Hall–Kier alpha value is -2.04. The van der Waals surface area contributed by atoms with Crippen LogP contribution in [-0.2, 0) is 0 Å². The van der Waals surface area contributed by atoms with E-state index in [4.69, 9.17) is 5.11 Å². The Morgan fingerprint density at radius 2 is 2.38 bits per heavy atom. The molecular weight excluding hydrogens is 170 g/mol. The molecule has 0 unspecified atom stereocenters. The van der Waals surface area contributed by atoms with Crippen LogP contribution >= 0.6 is 0 Å². The first-order chi connectivity index (χ1) is 6.27. The highest BCUT2D eigenvalue weighted by Gasteiger charge is 2.08. The SMILES string of the molecule is O=C(O)c1cc(-c2ccc[nH]2)n[nH]1. The maximum Gasteiger partial charge on any atom is 0.353 e. The molecule has 0 aliphatic rings. The molecule has 0 aromatic carbocycles. The van der Waals surface area contributed by atoms with Gasteiger partial charge in [0.1, 0.15) is 11.4 Å². The summed E-state index contributed by atoms with van der Waals surface area (Å²) in [5, 5.41) is 14.9. The van der Waals surface area contributed by atoms with E-state index >= 15 is 0 Å². The van der Waals surface area contributed by atoms with Crippen LogP contribution in [0.2, 0.25) is 0 Å². The lowest BCUT2D eigenvalue weighted by Gasteiger charge is -1.85. The molecule has 0 radical (unpaired) electrons. The number of rotatable bonds is 2. The van der Waals surface area contributed by atoms with Crippen LogP contribution < -0.4 is 0 Å². The Morgan fingerprint density at radius 1 is 1.54 bits per heavy atom. The molecule has 5 nitrogen and oxygen atoms in total. The number of H-pyrrole nitrogens is 2. The molecule has 0 aliphatic heterocycles. The number of hydrogen-bond acceptors (Lipinski definition) is 2. The van der Waals surface area contributed by atoms with Crippen molar-refractivity contribution in [3.63, 3.8) is 0 Å². The lowest BCUT2D eigenvalue weighted by molar-refractivity contribution is 0.0690. The van der Waals surface area contributed by atoms with Crippen LogP contribution in [0.25, 0.3) is 11.4 Å². The van der Waals surface area contributed by atoms with Gasteiger partial charge in [-0.2, -0.15) is 5.10 Å². The van der Waals surface area contributed by atoms with E-state index in [0.29, 0.717) is 5.69 Å². The van der Waals surface area contributed by atoms with Crippen LogP contribution in [0.15, 0.2) is 24.4 Å². The second-order valence-corrected chi connectivity index (χ2v) is 2.56. The zero-order valence-electron chi connectivity index (χ0n) is 6.61. The zero-order valence-corrected chi connectivity index (χ0v) is 6.61. The van der Waals surface area contributed by atoms with E-state index in [2.05, 4.69) is 15.2 Å². The van der Waals surface area contributed by atoms with Crippen molar-refractivity contribution in [2.75, 3.05) is 0 Å². The topological polar surface area (TPSA) is 81.8 Å². The summed E-state index contributed by atoms with van der Waals surface area (Å²) >= 11 is 0. The molecule has 0 saturated carbocycles. The number of carboxylic acids is 1. The molecule has 0 atom stereocenters. The third-order valence-electron chi connectivity index (χ3n) is 1.68. The third-order valence-corrected chi connectivity index (χ3v) is 1.68. The van der Waals surface area contributed by atoms with Gasteiger partial charge in [0.25, 0.3) is 0 Å². The number of hydrogen-bond donors (Lipinski definition) is 3. The molecule has 0 fully saturated rings. The van der Waals surface area contributed by atoms with Crippen molar-refractivity contribution >= 4 is 5.97 Å². The second kappa shape index (κ2) is 2.78. The average molecular weight is 177 g/mol. The van der Waals surface area contributed by atoms with Gasteiger partial charge in [-0.15, -0.1) is 0 Å². The maximum atomic E-state index is 10.5. The van der Waals surface area contributed by atoms with E-state index in [1.165, 1.54) is 6.07 Å². The number of nitrogens with one attached hydrogen (secondary N) is 2. The highest BCUT2D eigenvalue weighted by molar-refractivity contribution is 5.86. The molecule has 2 aromatic rings. The van der Waals surface area contributed by atoms with E-state index in [0.717, 1.165) is 5.69 Å². The van der Waals surface area contributed by atoms with Crippen LogP contribution in [0.3, 0.4) is 0 Å². The highest BCUT2D eigenvalue weighted by atomic mass is 16.4. The van der Waals surface area contributed by atoms with Crippen molar-refractivity contribution in [2.45, 2.75) is 0 Å². The molecule has 0 spiro atoms. The fourth-order valence-corrected chi connectivity index (χ4v) is 1.06. The minimum atomic E-state index is -1.01. The lowest BCUT2D eigenvalue weighted by Crippen LogP contribution is -1.95. The van der Waals surface area contributed by atoms with Gasteiger partial charge in [0.05, 0.1) is 5.69 Å². The van der Waals surface area contributed by atoms with Crippen molar-refractivity contribution in [3.8, 4) is 11.4 Å². The van der Waals surface area contributed by atoms with Gasteiger partial charge in [-0.05, 0) is 12.1 Å². The smallest absolute Gasteiger partial charge is 0.353 e. The first-order valence-electron chi connectivity index (χ1n) is 3.70. The Labute approximate surface area is 73.4 Å². The number of carbonyl (C=O) groups is 1. The van der Waals surface area contributed by atoms with E-state index in [1.54, 1.807) is 6.20 Å². The number of carboxylic acid groups (broad SMARTS) is 1. The largest absolute Gasteiger partial charge is 0.477 e. The lowest BCUT2D eigenvalue weighted by atomic mass is 10.3. The Balaban J connectivity index is 2.39. The normalized spacial score (nSPS) is 10.2. The molecule has 3 N–H and O–H groups in total. The van der Waals surface area contributed by atoms with Crippen LogP contribution in [-0.4, -0.2) is 26.3 Å². The number of aromatic amines is 2. The Morgan fingerprint density at radius 3 is 2.92 bits per heavy atom. The fourth-order valence-electron chi connectivity index (χ4n) is 1.06. The zero-order chi connectivity index (χ0) is 9.26. The van der Waals surface area contributed by atoms with Crippen molar-refractivity contribution in [2.24, 2.45) is 0 Å². The molecule has 0 bridgehead atoms. The van der Waals surface area contributed by atoms with Gasteiger partial charge in [-0.25, -0.2) is 4.79 Å². The summed E-state index contributed by atoms with van der Waals surface area (Å²) in [6, 6.07) is 5.13. The maximum absolute atomic E-state index is 10.5. The molecule has 66 valence electrons. The number of aromatic nitrogens is 3. The molecule has 0 saturated heterocycles. The van der Waals surface area contributed by atoms with Gasteiger partial charge < -0.3 is 10.1 Å². The molecule has 2 aromatic heterocycles. The quantitative estimate of drug-likeness (QED) is 0.642. The number of aromatic carboxylic acids is 1. The standard InChI is InChI=1S/C8H7N3O2/c12-8(13)7-4-6(10-11-7)5-2-1-3-9-5/h1-4,9H,(H,10,11)(H,12,13). The predicted molar refractivity (Wildman–Crippen MR) is 45.3 cm³/mol. The molecule has 0 amide bonds. The monoisotopic (exact) mass is 177 g/mol. The van der Waals surface area contributed by atoms with Crippen molar-refractivity contribution in [1.82, 2.24) is 15.2 Å². The van der Waals surface area contributed by atoms with E-state index in [9.17, 15) is 4.79 Å². The number of nitrogens with zero attached hydrogens (tertiary/aromatic N) is 1. The summed E-state index contributed by atoms with van der Waals surface area (Å²) in [5.74, 6) is -1.01. The van der Waals surface area contributed by atoms with Crippen molar-refractivity contribution in [3.05, 3.63) is 30.1 Å². The minimum absolute atomic E-state index is 0.0876. The van der Waals surface area contributed by atoms with Gasteiger partial charge in [-0.1, -0.05) is 0 Å². The Kier molecular flexibility index (Phi) is 1.63. The van der Waals surface area contributed by atoms with Gasteiger partial charge in [0.2, 0.25) is 0 Å². The average Bonchev–Trinajstić information content (AvgIpc) is 2.75. The summed E-state index contributed by atoms with van der Waals surface area (Å²) in [4.78, 5) is 13.4. The summed E-state index contributed by atoms with van der Waals surface area (Å²) < 4.78 is 0. The minimum Gasteiger partial charge on any atom is -0.477 e. The molecule has 2 heterocycles. The molecular formula is C8H7N3O2. The first-order valence-corrected chi connectivity index (χ1v) is 3.70. The van der Waals surface area contributed by atoms with Crippen LogP contribution in [0.4, 0.5) is 0 Å². The predicted octanol–water partition coefficient (Wildman–Crippen LogP) is 1.10. The van der Waals surface area contributed by atoms with Gasteiger partial charge in [0, 0.05) is 12.3 Å². The van der Waals surface area contributed by atoms with Crippen molar-refractivity contribution < 1.29 is 9.90 Å². The van der Waals surface area contributed by atoms with Crippen LogP contribution in [0, 0.1) is 0 Å². The molecule has 0 aliphatic carbocycles. The summed E-state index contributed by atoms with van der Waals surface area (Å²) in [5.41, 5.74) is 1.48. The van der Waals surface area contributed by atoms with Crippen molar-refractivity contribution in [1.29, 1.82) is 0 Å². The fraction of sp³-hybridized carbons (Fsp3) is 0. The van der Waals surface area contributed by atoms with Gasteiger partial charge >= 0.3 is 5.97 Å². The van der Waals surface area contributed by atoms with E-state index in [-0.39, 0.29) is 5.69 Å². The highest BCUT2D eigenvalue weighted by Crippen LogP contribution is 2.14. The Bertz CT molecular complexity index is 416. The van der Waals surface area contributed by atoms with Crippen LogP contribution in [0.1, 0.15) is 10.5 Å². The molecule has 13 heavy (non-hydrogen) atoms. The van der Waals surface area contributed by atoms with E-state index in [1.807, 2.05) is 12.1 Å². The molecule has 2 rings (SSSR count). The first kappa shape index (κ1) is 7.60.